The van der Waals surface area contributed by atoms with Gasteiger partial charge in [0.25, 0.3) is 6.71 Å². The predicted octanol–water partition coefficient (Wildman–Crippen LogP) is 21.0. The van der Waals surface area contributed by atoms with E-state index in [2.05, 4.69) is 270 Å². The van der Waals surface area contributed by atoms with Gasteiger partial charge in [-0.05, 0) is 154 Å². The summed E-state index contributed by atoms with van der Waals surface area (Å²) in [4.78, 5) is 5.41. The minimum atomic E-state index is -0.0557. The van der Waals surface area contributed by atoms with E-state index in [4.69, 9.17) is 0 Å². The summed E-state index contributed by atoms with van der Waals surface area (Å²) in [5, 5.41) is 12.6. The lowest BCUT2D eigenvalue weighted by Crippen LogP contribution is -2.60. The van der Waals surface area contributed by atoms with E-state index < -0.39 is 0 Å². The second kappa shape index (κ2) is 18.5. The van der Waals surface area contributed by atoms with E-state index in [0.717, 1.165) is 0 Å². The number of nitrogens with zero attached hydrogens (tertiary/aromatic N) is 2. The van der Waals surface area contributed by atoms with Crippen LogP contribution in [0.4, 0.5) is 32.8 Å². The second-order valence-electron chi connectivity index (χ2n) is 24.3. The molecule has 0 unspecified atom stereocenters. The number of hydrogen-bond donors (Lipinski definition) is 0. The highest BCUT2D eigenvalue weighted by Crippen LogP contribution is 2.55. The summed E-state index contributed by atoms with van der Waals surface area (Å²) >= 11 is 7.58. The molecule has 0 saturated carbocycles. The molecule has 0 amide bonds. The first-order valence-electron chi connectivity index (χ1n) is 28.0. The van der Waals surface area contributed by atoms with Gasteiger partial charge in [0.15, 0.2) is 0 Å². The summed E-state index contributed by atoms with van der Waals surface area (Å²) in [6.07, 6.45) is 0. The molecular weight excluding hydrogens is 1040 g/mol. The van der Waals surface area contributed by atoms with Crippen molar-refractivity contribution in [2.75, 3.05) is 9.80 Å². The molecule has 2 aliphatic heterocycles. The number of thiophene rings is 4. The van der Waals surface area contributed by atoms with Crippen LogP contribution in [0.1, 0.15) is 78.0 Å². The van der Waals surface area contributed by atoms with Gasteiger partial charge >= 0.3 is 0 Å². The topological polar surface area (TPSA) is 6.48 Å². The van der Waals surface area contributed by atoms with E-state index in [1.54, 1.807) is 0 Å². The average Bonchev–Trinajstić information content (AvgIpc) is 4.45. The summed E-state index contributed by atoms with van der Waals surface area (Å²) in [6.45, 7) is 18.8. The molecule has 0 aliphatic carbocycles. The Kier molecular flexibility index (Phi) is 11.5. The van der Waals surface area contributed by atoms with Crippen molar-refractivity contribution in [3.63, 3.8) is 0 Å². The Morgan fingerprint density at radius 1 is 0.362 bits per heavy atom. The number of benzene rings is 9. The standard InChI is InChI=1S/C73H59BN2S4/c1-43(2)48-37-61-69-62(38-48)76(60-32-28-47(36-54(60)45-21-13-10-14-22-45)58-42-78-64-26-18-16-24-52(58)64)71-68(56-40-50(73(6,7)8)30-34-66(56)80-71)74(69)67-55-39-49(72(3,4)5)29-33-65(55)79-70(67)75(61)59-31-27-46(35-53(59)44-19-11-9-12-20-44)57-41-77-63-25-17-15-23-51(57)63/h9-43H,1-8H3. The Morgan fingerprint density at radius 2 is 0.787 bits per heavy atom. The van der Waals surface area contributed by atoms with E-state index >= 15 is 0 Å². The summed E-state index contributed by atoms with van der Waals surface area (Å²) in [7, 11) is 0. The van der Waals surface area contributed by atoms with Crippen molar-refractivity contribution in [1.82, 2.24) is 0 Å². The molecule has 80 heavy (non-hydrogen) atoms. The molecule has 6 heterocycles. The molecule has 0 fully saturated rings. The highest BCUT2D eigenvalue weighted by Gasteiger charge is 2.48. The molecule has 0 bridgehead atoms. The van der Waals surface area contributed by atoms with Gasteiger partial charge in [0.2, 0.25) is 0 Å². The van der Waals surface area contributed by atoms with Gasteiger partial charge in [0, 0.05) is 63.2 Å². The van der Waals surface area contributed by atoms with Crippen LogP contribution in [0.5, 0.6) is 0 Å². The molecule has 0 atom stereocenters. The lowest BCUT2D eigenvalue weighted by atomic mass is 9.33. The van der Waals surface area contributed by atoms with Gasteiger partial charge in [-0.25, -0.2) is 0 Å². The normalized spacial score (nSPS) is 13.3. The Morgan fingerprint density at radius 3 is 1.21 bits per heavy atom. The highest BCUT2D eigenvalue weighted by atomic mass is 32.1. The van der Waals surface area contributed by atoms with Crippen LogP contribution in [0.2, 0.25) is 0 Å². The van der Waals surface area contributed by atoms with E-state index in [1.165, 1.54) is 151 Å². The Bertz CT molecular complexity index is 4330. The fraction of sp³-hybridized carbons (Fsp3) is 0.151. The summed E-state index contributed by atoms with van der Waals surface area (Å²) in [5.74, 6) is 0.251. The average molecular weight is 1100 g/mol. The maximum absolute atomic E-state index is 2.71. The Balaban J connectivity index is 1.08. The van der Waals surface area contributed by atoms with Crippen molar-refractivity contribution >= 4 is 142 Å². The molecule has 388 valence electrons. The van der Waals surface area contributed by atoms with Crippen LogP contribution < -0.4 is 26.2 Å². The van der Waals surface area contributed by atoms with E-state index in [1.807, 2.05) is 45.3 Å². The molecule has 4 aromatic heterocycles. The quantitative estimate of drug-likeness (QED) is 0.147. The molecule has 2 aliphatic rings. The number of fused-ring (bicyclic) bond motifs is 10. The van der Waals surface area contributed by atoms with Crippen LogP contribution in [0.15, 0.2) is 205 Å². The largest absolute Gasteiger partial charge is 0.302 e. The zero-order chi connectivity index (χ0) is 54.3. The maximum Gasteiger partial charge on any atom is 0.256 e. The minimum absolute atomic E-state index is 0.0464. The first-order valence-corrected chi connectivity index (χ1v) is 31.4. The molecule has 0 radical (unpaired) electrons. The monoisotopic (exact) mass is 1100 g/mol. The van der Waals surface area contributed by atoms with Crippen LogP contribution in [-0.2, 0) is 10.8 Å². The highest BCUT2D eigenvalue weighted by molar-refractivity contribution is 7.29. The van der Waals surface area contributed by atoms with E-state index in [9.17, 15) is 0 Å². The number of anilines is 6. The van der Waals surface area contributed by atoms with Crippen LogP contribution >= 0.6 is 45.3 Å². The van der Waals surface area contributed by atoms with Gasteiger partial charge in [-0.2, -0.15) is 0 Å². The van der Waals surface area contributed by atoms with Crippen molar-refractivity contribution in [3.8, 4) is 44.5 Å². The van der Waals surface area contributed by atoms with Gasteiger partial charge in [-0.3, -0.25) is 0 Å². The SMILES string of the molecule is CC(C)c1cc2c3c(c1)N(c1ccc(-c4csc5ccccc45)cc1-c1ccccc1)c1sc4ccc(C(C)(C)C)cc4c1B3c1c(sc3ccc(C(C)(C)C)cc13)N2c1ccc(-c2csc3ccccc23)cc1-c1ccccc1. The van der Waals surface area contributed by atoms with E-state index in [0.29, 0.717) is 0 Å². The zero-order valence-corrected chi connectivity index (χ0v) is 49.6. The van der Waals surface area contributed by atoms with E-state index in [-0.39, 0.29) is 23.5 Å². The fourth-order valence-electron chi connectivity index (χ4n) is 12.7. The van der Waals surface area contributed by atoms with Gasteiger partial charge in [-0.15, -0.1) is 45.3 Å². The van der Waals surface area contributed by atoms with Gasteiger partial charge < -0.3 is 9.80 Å². The third-order valence-corrected chi connectivity index (χ3v) is 21.2. The molecular formula is C73H59BN2S4. The van der Waals surface area contributed by atoms with Crippen LogP contribution in [-0.4, -0.2) is 6.71 Å². The fourth-order valence-corrected chi connectivity index (χ4v) is 17.1. The first-order chi connectivity index (χ1) is 38.8. The van der Waals surface area contributed by atoms with Crippen molar-refractivity contribution in [1.29, 1.82) is 0 Å². The van der Waals surface area contributed by atoms with Crippen LogP contribution in [0.3, 0.4) is 0 Å². The molecule has 2 nitrogen and oxygen atoms in total. The zero-order valence-electron chi connectivity index (χ0n) is 46.3. The molecule has 15 rings (SSSR count). The Hall–Kier alpha value is -7.52. The lowest BCUT2D eigenvalue weighted by molar-refractivity contribution is 0.591. The first kappa shape index (κ1) is 49.5. The van der Waals surface area contributed by atoms with Gasteiger partial charge in [-0.1, -0.05) is 189 Å². The molecule has 13 aromatic rings. The minimum Gasteiger partial charge on any atom is -0.302 e. The number of hydrogen-bond acceptors (Lipinski definition) is 6. The third-order valence-electron chi connectivity index (χ3n) is 17.0. The van der Waals surface area contributed by atoms with Gasteiger partial charge in [0.05, 0.1) is 21.4 Å². The van der Waals surface area contributed by atoms with Crippen molar-refractivity contribution in [2.24, 2.45) is 0 Å². The molecule has 0 spiro atoms. The lowest BCUT2D eigenvalue weighted by Gasteiger charge is -2.43. The summed E-state index contributed by atoms with van der Waals surface area (Å²) in [6, 6.07) is 74.5. The molecule has 0 saturated heterocycles. The molecule has 7 heteroatoms. The predicted molar refractivity (Wildman–Crippen MR) is 355 cm³/mol. The Labute approximate surface area is 486 Å². The van der Waals surface area contributed by atoms with Crippen molar-refractivity contribution in [3.05, 3.63) is 222 Å². The summed E-state index contributed by atoms with van der Waals surface area (Å²) in [5.41, 5.74) is 22.8. The second-order valence-corrected chi connectivity index (χ2v) is 28.2. The molecule has 0 N–H and O–H groups in total. The maximum atomic E-state index is 2.71. The smallest absolute Gasteiger partial charge is 0.256 e. The molecule has 9 aromatic carbocycles. The number of rotatable bonds is 7. The van der Waals surface area contributed by atoms with Crippen molar-refractivity contribution < 1.29 is 0 Å². The third kappa shape index (κ3) is 7.83. The van der Waals surface area contributed by atoms with Crippen LogP contribution in [0.25, 0.3) is 84.9 Å². The van der Waals surface area contributed by atoms with Crippen LogP contribution in [0, 0.1) is 0 Å². The van der Waals surface area contributed by atoms with Gasteiger partial charge in [0.1, 0.15) is 0 Å². The van der Waals surface area contributed by atoms with Crippen molar-refractivity contribution in [2.45, 2.75) is 72.1 Å². The summed E-state index contributed by atoms with van der Waals surface area (Å²) < 4.78 is 5.24.